The fourth-order valence-corrected chi connectivity index (χ4v) is 2.16. The Morgan fingerprint density at radius 3 is 2.50 bits per heavy atom. The summed E-state index contributed by atoms with van der Waals surface area (Å²) < 4.78 is 5.38. The smallest absolute Gasteiger partial charge is 0.339 e. The number of carboxylic acid groups (broad SMARTS) is 1. The Morgan fingerprint density at radius 2 is 1.83 bits per heavy atom. The van der Waals surface area contributed by atoms with Crippen LogP contribution in [0.15, 0.2) is 42.5 Å². The first-order valence-electron chi connectivity index (χ1n) is 7.25. The molecular formula is C18H17NO5. The molecule has 0 atom stereocenters. The molecule has 0 saturated carbocycles. The molecule has 0 fully saturated rings. The molecule has 0 bridgehead atoms. The van der Waals surface area contributed by atoms with Crippen molar-refractivity contribution >= 4 is 23.3 Å². The van der Waals surface area contributed by atoms with Crippen molar-refractivity contribution in [3.63, 3.8) is 0 Å². The first kappa shape index (κ1) is 17.2. The first-order chi connectivity index (χ1) is 11.4. The molecule has 0 saturated heterocycles. The van der Waals surface area contributed by atoms with Crippen LogP contribution in [0.1, 0.15) is 33.2 Å². The minimum atomic E-state index is -1.12. The lowest BCUT2D eigenvalue weighted by atomic mass is 10.1. The van der Waals surface area contributed by atoms with Gasteiger partial charge in [0.15, 0.2) is 12.4 Å². The van der Waals surface area contributed by atoms with Crippen LogP contribution in [0.3, 0.4) is 0 Å². The van der Waals surface area contributed by atoms with Crippen LogP contribution in [0.5, 0.6) is 5.75 Å². The van der Waals surface area contributed by atoms with Crippen LogP contribution in [-0.2, 0) is 4.79 Å². The number of carbonyl (C=O) groups excluding carboxylic acids is 2. The molecule has 0 aromatic heterocycles. The number of Topliss-reactive ketones (excluding diaryl/α,β-unsaturated/α-hetero) is 1. The summed E-state index contributed by atoms with van der Waals surface area (Å²) in [6.07, 6.45) is 0. The number of carbonyl (C=O) groups is 3. The van der Waals surface area contributed by atoms with Crippen LogP contribution in [0, 0.1) is 6.92 Å². The molecule has 24 heavy (non-hydrogen) atoms. The molecule has 0 heterocycles. The highest BCUT2D eigenvalue weighted by atomic mass is 16.5. The molecule has 0 unspecified atom stereocenters. The molecule has 0 radical (unpaired) electrons. The summed E-state index contributed by atoms with van der Waals surface area (Å²) in [6.45, 7) is 2.81. The van der Waals surface area contributed by atoms with E-state index in [0.29, 0.717) is 16.8 Å². The van der Waals surface area contributed by atoms with Gasteiger partial charge in [0.1, 0.15) is 11.3 Å². The number of ketones is 1. The fraction of sp³-hybridized carbons (Fsp3) is 0.167. The quantitative estimate of drug-likeness (QED) is 0.796. The van der Waals surface area contributed by atoms with Gasteiger partial charge in [0, 0.05) is 11.3 Å². The van der Waals surface area contributed by atoms with Crippen molar-refractivity contribution in [3.8, 4) is 5.75 Å². The van der Waals surface area contributed by atoms with Gasteiger partial charge in [0.25, 0.3) is 5.91 Å². The molecule has 2 N–H and O–H groups in total. The van der Waals surface area contributed by atoms with Crippen LogP contribution in [0.25, 0.3) is 0 Å². The third-order valence-electron chi connectivity index (χ3n) is 3.34. The number of nitrogens with one attached hydrogen (secondary N) is 1. The van der Waals surface area contributed by atoms with E-state index in [-0.39, 0.29) is 23.7 Å². The van der Waals surface area contributed by atoms with Crippen LogP contribution in [0.4, 0.5) is 5.69 Å². The van der Waals surface area contributed by atoms with Crippen molar-refractivity contribution in [2.75, 3.05) is 11.9 Å². The van der Waals surface area contributed by atoms with Gasteiger partial charge < -0.3 is 15.2 Å². The SMILES string of the molecule is CC(=O)c1cccc(NC(=O)COc2c(C)cccc2C(=O)O)c1. The van der Waals surface area contributed by atoms with Crippen molar-refractivity contribution in [2.24, 2.45) is 0 Å². The second kappa shape index (κ2) is 7.41. The van der Waals surface area contributed by atoms with E-state index in [9.17, 15) is 14.4 Å². The standard InChI is InChI=1S/C18H17NO5/c1-11-5-3-8-15(18(22)23)17(11)24-10-16(21)19-14-7-4-6-13(9-14)12(2)20/h3-9H,10H2,1-2H3,(H,19,21)(H,22,23). The largest absolute Gasteiger partial charge is 0.483 e. The van der Waals surface area contributed by atoms with Crippen molar-refractivity contribution in [3.05, 3.63) is 59.2 Å². The van der Waals surface area contributed by atoms with Gasteiger partial charge in [-0.2, -0.15) is 0 Å². The molecule has 2 aromatic rings. The Kier molecular flexibility index (Phi) is 5.31. The Labute approximate surface area is 139 Å². The summed E-state index contributed by atoms with van der Waals surface area (Å²) in [4.78, 5) is 34.5. The minimum absolute atomic E-state index is 0.00128. The van der Waals surface area contributed by atoms with Crippen LogP contribution < -0.4 is 10.1 Å². The van der Waals surface area contributed by atoms with Crippen LogP contribution >= 0.6 is 0 Å². The monoisotopic (exact) mass is 327 g/mol. The van der Waals surface area contributed by atoms with Gasteiger partial charge >= 0.3 is 5.97 Å². The third-order valence-corrected chi connectivity index (χ3v) is 3.34. The number of benzene rings is 2. The molecule has 0 aliphatic rings. The number of aryl methyl sites for hydroxylation is 1. The van der Waals surface area contributed by atoms with E-state index < -0.39 is 11.9 Å². The van der Waals surface area contributed by atoms with E-state index in [1.54, 1.807) is 43.3 Å². The molecule has 0 aliphatic heterocycles. The van der Waals surface area contributed by atoms with E-state index in [2.05, 4.69) is 5.32 Å². The van der Waals surface area contributed by atoms with E-state index in [1.807, 2.05) is 0 Å². The summed E-state index contributed by atoms with van der Waals surface area (Å²) in [5, 5.41) is 11.8. The average Bonchev–Trinajstić information content (AvgIpc) is 2.53. The number of amides is 1. The maximum Gasteiger partial charge on any atom is 0.339 e. The van der Waals surface area contributed by atoms with Gasteiger partial charge in [0.2, 0.25) is 0 Å². The number of aromatic carboxylic acids is 1. The second-order valence-electron chi connectivity index (χ2n) is 5.23. The van der Waals surface area contributed by atoms with Gasteiger partial charge in [-0.1, -0.05) is 24.3 Å². The lowest BCUT2D eigenvalue weighted by Crippen LogP contribution is -2.21. The van der Waals surface area contributed by atoms with E-state index in [1.165, 1.54) is 13.0 Å². The molecule has 124 valence electrons. The van der Waals surface area contributed by atoms with Gasteiger partial charge in [-0.15, -0.1) is 0 Å². The van der Waals surface area contributed by atoms with Crippen molar-refractivity contribution < 1.29 is 24.2 Å². The van der Waals surface area contributed by atoms with Crippen molar-refractivity contribution in [1.29, 1.82) is 0 Å². The van der Waals surface area contributed by atoms with Crippen LogP contribution in [0.2, 0.25) is 0 Å². The normalized spacial score (nSPS) is 10.1. The molecule has 6 nitrogen and oxygen atoms in total. The topological polar surface area (TPSA) is 92.7 Å². The minimum Gasteiger partial charge on any atom is -0.483 e. The third kappa shape index (κ3) is 4.19. The fourth-order valence-electron chi connectivity index (χ4n) is 2.16. The summed E-state index contributed by atoms with van der Waals surface area (Å²) >= 11 is 0. The molecule has 1 amide bonds. The predicted molar refractivity (Wildman–Crippen MR) is 88.7 cm³/mol. The zero-order valence-corrected chi connectivity index (χ0v) is 13.3. The van der Waals surface area contributed by atoms with Crippen molar-refractivity contribution in [1.82, 2.24) is 0 Å². The van der Waals surface area contributed by atoms with Crippen LogP contribution in [-0.4, -0.2) is 29.4 Å². The molecule has 6 heteroatoms. The summed E-state index contributed by atoms with van der Waals surface area (Å²) in [5.41, 5.74) is 1.59. The molecule has 0 aliphatic carbocycles. The highest BCUT2D eigenvalue weighted by Crippen LogP contribution is 2.23. The number of hydrogen-bond acceptors (Lipinski definition) is 4. The number of rotatable bonds is 6. The Hall–Kier alpha value is -3.15. The molecule has 2 rings (SSSR count). The molecule has 0 spiro atoms. The van der Waals surface area contributed by atoms with Gasteiger partial charge in [-0.3, -0.25) is 9.59 Å². The van der Waals surface area contributed by atoms with E-state index in [0.717, 1.165) is 0 Å². The average molecular weight is 327 g/mol. The van der Waals surface area contributed by atoms with E-state index >= 15 is 0 Å². The number of hydrogen-bond donors (Lipinski definition) is 2. The van der Waals surface area contributed by atoms with Crippen molar-refractivity contribution in [2.45, 2.75) is 13.8 Å². The van der Waals surface area contributed by atoms with Gasteiger partial charge in [-0.25, -0.2) is 4.79 Å². The molecular weight excluding hydrogens is 310 g/mol. The summed E-state index contributed by atoms with van der Waals surface area (Å²) in [6, 6.07) is 11.3. The second-order valence-corrected chi connectivity index (χ2v) is 5.23. The summed E-state index contributed by atoms with van der Waals surface area (Å²) in [5.74, 6) is -1.51. The van der Waals surface area contributed by atoms with Gasteiger partial charge in [0.05, 0.1) is 0 Å². The lowest BCUT2D eigenvalue weighted by Gasteiger charge is -2.12. The number of para-hydroxylation sites is 1. The zero-order valence-electron chi connectivity index (χ0n) is 13.3. The highest BCUT2D eigenvalue weighted by Gasteiger charge is 2.15. The van der Waals surface area contributed by atoms with Gasteiger partial charge in [-0.05, 0) is 37.6 Å². The maximum atomic E-state index is 12.0. The first-order valence-corrected chi connectivity index (χ1v) is 7.25. The predicted octanol–water partition coefficient (Wildman–Crippen LogP) is 2.91. The molecule has 2 aromatic carbocycles. The number of ether oxygens (including phenoxy) is 1. The van der Waals surface area contributed by atoms with E-state index in [4.69, 9.17) is 9.84 Å². The summed E-state index contributed by atoms with van der Waals surface area (Å²) in [7, 11) is 0. The zero-order chi connectivity index (χ0) is 17.7. The highest BCUT2D eigenvalue weighted by molar-refractivity contribution is 5.97. The maximum absolute atomic E-state index is 12.0. The Morgan fingerprint density at radius 1 is 1.12 bits per heavy atom. The lowest BCUT2D eigenvalue weighted by molar-refractivity contribution is -0.118. The number of anilines is 1. The Bertz CT molecular complexity index is 798. The number of carboxylic acids is 1. The Balaban J connectivity index is 2.06.